The Morgan fingerprint density at radius 2 is 1.76 bits per heavy atom. The van der Waals surface area contributed by atoms with Gasteiger partial charge in [-0.05, 0) is 38.5 Å². The molecule has 29 heavy (non-hydrogen) atoms. The molecule has 6 nitrogen and oxygen atoms in total. The third-order valence-electron chi connectivity index (χ3n) is 4.53. The summed E-state index contributed by atoms with van der Waals surface area (Å²) in [5.41, 5.74) is 2.52. The molecule has 3 aromatic rings. The SMILES string of the molecule is CC(=O)c1cccc(NC(=O)c2cc(N(Cc3ccccc3)C(C)C)ncn2)c1. The Morgan fingerprint density at radius 1 is 1.00 bits per heavy atom. The van der Waals surface area contributed by atoms with Gasteiger partial charge in [-0.25, -0.2) is 9.97 Å². The van der Waals surface area contributed by atoms with Crippen LogP contribution in [0.3, 0.4) is 0 Å². The highest BCUT2D eigenvalue weighted by Gasteiger charge is 2.16. The lowest BCUT2D eigenvalue weighted by Crippen LogP contribution is -2.31. The summed E-state index contributed by atoms with van der Waals surface area (Å²) in [4.78, 5) is 34.9. The summed E-state index contributed by atoms with van der Waals surface area (Å²) in [6, 6.07) is 18.8. The minimum absolute atomic E-state index is 0.0566. The fourth-order valence-corrected chi connectivity index (χ4v) is 2.95. The van der Waals surface area contributed by atoms with Gasteiger partial charge in [0.25, 0.3) is 5.91 Å². The second kappa shape index (κ2) is 9.10. The fourth-order valence-electron chi connectivity index (χ4n) is 2.95. The van der Waals surface area contributed by atoms with Crippen molar-refractivity contribution in [3.8, 4) is 0 Å². The van der Waals surface area contributed by atoms with Gasteiger partial charge in [-0.2, -0.15) is 0 Å². The number of rotatable bonds is 7. The largest absolute Gasteiger partial charge is 0.350 e. The minimum Gasteiger partial charge on any atom is -0.350 e. The van der Waals surface area contributed by atoms with E-state index in [1.807, 2.05) is 18.2 Å². The summed E-state index contributed by atoms with van der Waals surface area (Å²) in [5, 5.41) is 2.80. The van der Waals surface area contributed by atoms with E-state index in [1.54, 1.807) is 30.3 Å². The number of anilines is 2. The van der Waals surface area contributed by atoms with Gasteiger partial charge in [-0.1, -0.05) is 42.5 Å². The molecular formula is C23H24N4O2. The zero-order chi connectivity index (χ0) is 20.8. The molecule has 0 saturated heterocycles. The van der Waals surface area contributed by atoms with Crippen LogP contribution in [0.15, 0.2) is 67.0 Å². The molecule has 148 valence electrons. The molecule has 1 amide bonds. The number of nitrogens with zero attached hydrogens (tertiary/aromatic N) is 3. The number of nitrogens with one attached hydrogen (secondary N) is 1. The molecule has 1 heterocycles. The average Bonchev–Trinajstić information content (AvgIpc) is 2.73. The number of aromatic nitrogens is 2. The van der Waals surface area contributed by atoms with E-state index in [2.05, 4.69) is 46.2 Å². The Kier molecular flexibility index (Phi) is 6.34. The highest BCUT2D eigenvalue weighted by Crippen LogP contribution is 2.19. The van der Waals surface area contributed by atoms with Crippen molar-refractivity contribution < 1.29 is 9.59 Å². The Hall–Kier alpha value is -3.54. The van der Waals surface area contributed by atoms with E-state index >= 15 is 0 Å². The molecule has 0 atom stereocenters. The molecule has 3 rings (SSSR count). The van der Waals surface area contributed by atoms with E-state index in [1.165, 1.54) is 13.3 Å². The third-order valence-corrected chi connectivity index (χ3v) is 4.53. The molecule has 0 unspecified atom stereocenters. The van der Waals surface area contributed by atoms with Crippen LogP contribution < -0.4 is 10.2 Å². The Morgan fingerprint density at radius 3 is 2.45 bits per heavy atom. The number of Topliss-reactive ketones (excluding diaryl/α,β-unsaturated/α-hetero) is 1. The molecule has 6 heteroatoms. The van der Waals surface area contributed by atoms with Gasteiger partial charge in [0.1, 0.15) is 17.8 Å². The quantitative estimate of drug-likeness (QED) is 0.609. The van der Waals surface area contributed by atoms with Crippen molar-refractivity contribution in [2.45, 2.75) is 33.4 Å². The van der Waals surface area contributed by atoms with Crippen LogP contribution in [0.5, 0.6) is 0 Å². The topological polar surface area (TPSA) is 75.2 Å². The summed E-state index contributed by atoms with van der Waals surface area (Å²) >= 11 is 0. The molecule has 0 saturated carbocycles. The van der Waals surface area contributed by atoms with Gasteiger partial charge in [-0.3, -0.25) is 9.59 Å². The van der Waals surface area contributed by atoms with Crippen LogP contribution in [-0.4, -0.2) is 27.7 Å². The molecule has 1 aromatic heterocycles. The van der Waals surface area contributed by atoms with Gasteiger partial charge in [0.15, 0.2) is 5.78 Å². The summed E-state index contributed by atoms with van der Waals surface area (Å²) in [6.45, 7) is 6.33. The van der Waals surface area contributed by atoms with Crippen LogP contribution in [0.1, 0.15) is 47.2 Å². The molecule has 1 N–H and O–H groups in total. The highest BCUT2D eigenvalue weighted by molar-refractivity contribution is 6.04. The van der Waals surface area contributed by atoms with Crippen LogP contribution in [-0.2, 0) is 6.54 Å². The van der Waals surface area contributed by atoms with Gasteiger partial charge in [0, 0.05) is 29.9 Å². The second-order valence-electron chi connectivity index (χ2n) is 7.06. The molecule has 0 bridgehead atoms. The smallest absolute Gasteiger partial charge is 0.274 e. The highest BCUT2D eigenvalue weighted by atomic mass is 16.2. The van der Waals surface area contributed by atoms with Crippen molar-refractivity contribution in [1.29, 1.82) is 0 Å². The molecular weight excluding hydrogens is 364 g/mol. The van der Waals surface area contributed by atoms with Crippen LogP contribution >= 0.6 is 0 Å². The summed E-state index contributed by atoms with van der Waals surface area (Å²) in [7, 11) is 0. The lowest BCUT2D eigenvalue weighted by molar-refractivity contribution is 0.100. The van der Waals surface area contributed by atoms with E-state index in [0.29, 0.717) is 23.6 Å². The molecule has 0 fully saturated rings. The summed E-state index contributed by atoms with van der Waals surface area (Å²) in [6.07, 6.45) is 1.40. The molecule has 0 aliphatic heterocycles. The van der Waals surface area contributed by atoms with Crippen LogP contribution in [0, 0.1) is 0 Å². The maximum atomic E-state index is 12.7. The first kappa shape index (κ1) is 20.2. The van der Waals surface area contributed by atoms with Crippen molar-refractivity contribution in [2.24, 2.45) is 0 Å². The first-order valence-corrected chi connectivity index (χ1v) is 9.49. The molecule has 0 spiro atoms. The lowest BCUT2D eigenvalue weighted by atomic mass is 10.1. The Labute approximate surface area is 170 Å². The fraction of sp³-hybridized carbons (Fsp3) is 0.217. The van der Waals surface area contributed by atoms with Crippen LogP contribution in [0.4, 0.5) is 11.5 Å². The second-order valence-corrected chi connectivity index (χ2v) is 7.06. The molecule has 2 aromatic carbocycles. The zero-order valence-corrected chi connectivity index (χ0v) is 16.8. The van der Waals surface area contributed by atoms with Crippen LogP contribution in [0.25, 0.3) is 0 Å². The number of carbonyl (C=O) groups is 2. The predicted molar refractivity (Wildman–Crippen MR) is 114 cm³/mol. The summed E-state index contributed by atoms with van der Waals surface area (Å²) in [5.74, 6) is 0.276. The number of amides is 1. The Bertz CT molecular complexity index is 1000. The minimum atomic E-state index is -0.349. The van der Waals surface area contributed by atoms with Gasteiger partial charge in [0.2, 0.25) is 0 Å². The van der Waals surface area contributed by atoms with E-state index in [-0.39, 0.29) is 23.4 Å². The maximum Gasteiger partial charge on any atom is 0.274 e. The standard InChI is InChI=1S/C23H24N4O2/c1-16(2)27(14-18-8-5-4-6-9-18)22-13-21(24-15-25-22)23(29)26-20-11-7-10-19(12-20)17(3)28/h4-13,15-16H,14H2,1-3H3,(H,26,29). The van der Waals surface area contributed by atoms with E-state index < -0.39 is 0 Å². The van der Waals surface area contributed by atoms with Crippen LogP contribution in [0.2, 0.25) is 0 Å². The third kappa shape index (κ3) is 5.25. The lowest BCUT2D eigenvalue weighted by Gasteiger charge is -2.28. The van der Waals surface area contributed by atoms with Gasteiger partial charge in [-0.15, -0.1) is 0 Å². The first-order chi connectivity index (χ1) is 13.9. The molecule has 0 aliphatic carbocycles. The van der Waals surface area contributed by atoms with Crippen molar-refractivity contribution >= 4 is 23.2 Å². The molecule has 0 radical (unpaired) electrons. The first-order valence-electron chi connectivity index (χ1n) is 9.49. The van der Waals surface area contributed by atoms with Crippen molar-refractivity contribution in [3.05, 3.63) is 83.8 Å². The van der Waals surface area contributed by atoms with Gasteiger partial charge >= 0.3 is 0 Å². The number of benzene rings is 2. The van der Waals surface area contributed by atoms with E-state index in [0.717, 1.165) is 5.56 Å². The van der Waals surface area contributed by atoms with E-state index in [9.17, 15) is 9.59 Å². The van der Waals surface area contributed by atoms with Gasteiger partial charge < -0.3 is 10.2 Å². The number of carbonyl (C=O) groups excluding carboxylic acids is 2. The average molecular weight is 388 g/mol. The van der Waals surface area contributed by atoms with Crippen molar-refractivity contribution in [3.63, 3.8) is 0 Å². The summed E-state index contributed by atoms with van der Waals surface area (Å²) < 4.78 is 0. The zero-order valence-electron chi connectivity index (χ0n) is 16.8. The van der Waals surface area contributed by atoms with Crippen molar-refractivity contribution in [1.82, 2.24) is 9.97 Å². The normalized spacial score (nSPS) is 10.6. The predicted octanol–water partition coefficient (Wildman–Crippen LogP) is 4.35. The Balaban J connectivity index is 1.81. The van der Waals surface area contributed by atoms with Crippen molar-refractivity contribution in [2.75, 3.05) is 10.2 Å². The maximum absolute atomic E-state index is 12.7. The monoisotopic (exact) mass is 388 g/mol. The van der Waals surface area contributed by atoms with E-state index in [4.69, 9.17) is 0 Å². The van der Waals surface area contributed by atoms with Gasteiger partial charge in [0.05, 0.1) is 0 Å². The number of hydrogen-bond donors (Lipinski definition) is 1. The number of ketones is 1. The number of hydrogen-bond acceptors (Lipinski definition) is 5. The molecule has 0 aliphatic rings.